The van der Waals surface area contributed by atoms with Crippen LogP contribution in [0.15, 0.2) is 36.8 Å². The maximum Gasteiger partial charge on any atom is 0.434 e. The monoisotopic (exact) mass is 506 g/mol. The van der Waals surface area contributed by atoms with Crippen molar-refractivity contribution in [2.24, 2.45) is 5.73 Å². The molecule has 4 aromatic heterocycles. The van der Waals surface area contributed by atoms with Crippen LogP contribution in [0, 0.1) is 6.92 Å². The normalized spacial score (nSPS) is 11.5. The lowest BCUT2D eigenvalue weighted by molar-refractivity contribution is -0.143. The van der Waals surface area contributed by atoms with Gasteiger partial charge in [0.05, 0.1) is 46.1 Å². The van der Waals surface area contributed by atoms with Gasteiger partial charge in [-0.2, -0.15) is 28.5 Å². The quantitative estimate of drug-likeness (QED) is 0.369. The van der Waals surface area contributed by atoms with Gasteiger partial charge in [-0.25, -0.2) is 14.6 Å². The Morgan fingerprint density at radius 3 is 2.37 bits per heavy atom. The molecule has 0 spiro atoms. The van der Waals surface area contributed by atoms with Gasteiger partial charge in [0.25, 0.3) is 11.8 Å². The Labute approximate surface area is 198 Å². The fourth-order valence-corrected chi connectivity index (χ4v) is 3.33. The second kappa shape index (κ2) is 8.68. The molecule has 0 atom stereocenters. The molecule has 35 heavy (non-hydrogen) atoms. The van der Waals surface area contributed by atoms with E-state index in [1.807, 2.05) is 0 Å². The third kappa shape index (κ3) is 4.48. The summed E-state index contributed by atoms with van der Waals surface area (Å²) in [5.41, 5.74) is 8.67. The van der Waals surface area contributed by atoms with Gasteiger partial charge in [-0.15, -0.1) is 4.80 Å². The van der Waals surface area contributed by atoms with Crippen LogP contribution in [-0.4, -0.2) is 46.6 Å². The second-order valence-electron chi connectivity index (χ2n) is 6.98. The van der Waals surface area contributed by atoms with Crippen molar-refractivity contribution in [2.45, 2.75) is 13.1 Å². The number of aryl methyl sites for hydroxylation is 1. The Bertz CT molecular complexity index is 1450. The molecule has 0 bridgehead atoms. The molecule has 0 saturated carbocycles. The number of aromatic nitrogens is 7. The molecule has 16 heteroatoms. The van der Waals surface area contributed by atoms with Crippen LogP contribution >= 0.6 is 11.6 Å². The molecule has 0 saturated heterocycles. The number of hydrogen-bond acceptors (Lipinski definition) is 8. The van der Waals surface area contributed by atoms with Crippen LogP contribution in [0.25, 0.3) is 11.6 Å². The van der Waals surface area contributed by atoms with Crippen molar-refractivity contribution < 1.29 is 22.8 Å². The van der Waals surface area contributed by atoms with E-state index in [1.54, 1.807) is 0 Å². The molecule has 2 amide bonds. The van der Waals surface area contributed by atoms with E-state index in [2.05, 4.69) is 30.6 Å². The van der Waals surface area contributed by atoms with E-state index in [0.717, 1.165) is 23.1 Å². The minimum atomic E-state index is -5.01. The van der Waals surface area contributed by atoms with E-state index in [0.29, 0.717) is 4.68 Å². The van der Waals surface area contributed by atoms with Gasteiger partial charge >= 0.3 is 6.18 Å². The summed E-state index contributed by atoms with van der Waals surface area (Å²) in [7, 11) is 0. The highest BCUT2D eigenvalue weighted by atomic mass is 35.5. The minimum Gasteiger partial charge on any atom is -0.383 e. The van der Waals surface area contributed by atoms with Crippen LogP contribution in [0.4, 0.5) is 24.7 Å². The molecular weight excluding hydrogens is 493 g/mol. The lowest BCUT2D eigenvalue weighted by atomic mass is 10.2. The Kier molecular flexibility index (Phi) is 5.86. The predicted molar refractivity (Wildman–Crippen MR) is 116 cm³/mol. The van der Waals surface area contributed by atoms with Crippen molar-refractivity contribution in [1.29, 1.82) is 0 Å². The van der Waals surface area contributed by atoms with Gasteiger partial charge in [-0.3, -0.25) is 9.59 Å². The fraction of sp³-hybridized carbons (Fsp3) is 0.105. The van der Waals surface area contributed by atoms with E-state index in [-0.39, 0.29) is 33.6 Å². The van der Waals surface area contributed by atoms with Crippen LogP contribution in [-0.2, 0) is 6.18 Å². The molecule has 4 heterocycles. The largest absolute Gasteiger partial charge is 0.434 e. The van der Waals surface area contributed by atoms with Crippen molar-refractivity contribution in [3.8, 4) is 11.6 Å². The number of primary amides is 1. The van der Waals surface area contributed by atoms with Crippen molar-refractivity contribution in [1.82, 2.24) is 34.7 Å². The first-order valence-electron chi connectivity index (χ1n) is 9.54. The molecule has 180 valence electrons. The molecule has 0 aliphatic carbocycles. The Balaban J connectivity index is 1.71. The zero-order chi connectivity index (χ0) is 25.5. The highest BCUT2D eigenvalue weighted by molar-refractivity contribution is 6.32. The van der Waals surface area contributed by atoms with Crippen LogP contribution in [0.3, 0.4) is 0 Å². The number of nitrogens with zero attached hydrogens (tertiary/aromatic N) is 7. The topological polar surface area (TPSA) is 173 Å². The summed E-state index contributed by atoms with van der Waals surface area (Å²) in [6.45, 7) is 1.51. The van der Waals surface area contributed by atoms with Gasteiger partial charge in [0, 0.05) is 0 Å². The van der Waals surface area contributed by atoms with Crippen LogP contribution in [0.5, 0.6) is 0 Å². The zero-order valence-electron chi connectivity index (χ0n) is 17.6. The first-order chi connectivity index (χ1) is 16.5. The van der Waals surface area contributed by atoms with E-state index in [4.69, 9.17) is 23.1 Å². The van der Waals surface area contributed by atoms with Crippen molar-refractivity contribution in [3.63, 3.8) is 0 Å². The number of carbonyl (C=O) groups is 2. The smallest absolute Gasteiger partial charge is 0.383 e. The molecule has 4 aromatic rings. The summed E-state index contributed by atoms with van der Waals surface area (Å²) < 4.78 is 42.3. The zero-order valence-corrected chi connectivity index (χ0v) is 18.3. The first-order valence-corrected chi connectivity index (χ1v) is 9.92. The van der Waals surface area contributed by atoms with E-state index in [9.17, 15) is 22.8 Å². The van der Waals surface area contributed by atoms with Crippen LogP contribution in [0.2, 0.25) is 5.02 Å². The SMILES string of the molecule is Cc1nc(-n2nccn2)c(Cl)cc1NC(=O)c1cnn(-c2ccc(C(N)=O)c(N)n2)c1C(F)(F)F. The number of carbonyl (C=O) groups excluding carboxylic acids is 2. The van der Waals surface area contributed by atoms with Gasteiger partial charge < -0.3 is 16.8 Å². The standard InChI is InChI=1S/C19H14ClF3N10O2/c1-8-12(6-11(20)17(29-8)33-26-4-5-27-33)30-18(35)10-7-28-32(14(10)19(21,22)23)13-3-2-9(16(25)34)15(24)31-13/h2-7H,1H3,(H2,24,31)(H2,25,34)(H,30,35). The fourth-order valence-electron chi connectivity index (χ4n) is 3.10. The number of alkyl halides is 3. The van der Waals surface area contributed by atoms with Gasteiger partial charge in [0.15, 0.2) is 17.3 Å². The molecule has 0 aliphatic heterocycles. The molecule has 0 unspecified atom stereocenters. The number of halogens is 4. The number of nitrogens with two attached hydrogens (primary N) is 2. The summed E-state index contributed by atoms with van der Waals surface area (Å²) in [5, 5.41) is 13.9. The molecule has 0 radical (unpaired) electrons. The highest BCUT2D eigenvalue weighted by Crippen LogP contribution is 2.34. The van der Waals surface area contributed by atoms with Gasteiger partial charge in [-0.1, -0.05) is 11.6 Å². The summed E-state index contributed by atoms with van der Waals surface area (Å²) in [6.07, 6.45) is -1.47. The lowest BCUT2D eigenvalue weighted by Gasteiger charge is -2.14. The summed E-state index contributed by atoms with van der Waals surface area (Å²) >= 11 is 6.20. The molecule has 0 fully saturated rings. The van der Waals surface area contributed by atoms with Crippen molar-refractivity contribution in [2.75, 3.05) is 11.1 Å². The molecule has 0 aromatic carbocycles. The van der Waals surface area contributed by atoms with E-state index < -0.39 is 35.1 Å². The first kappa shape index (κ1) is 23.6. The third-order valence-corrected chi connectivity index (χ3v) is 4.96. The minimum absolute atomic E-state index is 0.0445. The third-order valence-electron chi connectivity index (χ3n) is 4.68. The molecule has 0 aliphatic rings. The average molecular weight is 507 g/mol. The molecular formula is C19H14ClF3N10O2. The Morgan fingerprint density at radius 2 is 1.77 bits per heavy atom. The lowest BCUT2D eigenvalue weighted by Crippen LogP contribution is -2.22. The van der Waals surface area contributed by atoms with Crippen LogP contribution in [0.1, 0.15) is 32.1 Å². The number of pyridine rings is 2. The average Bonchev–Trinajstić information content (AvgIpc) is 3.45. The van der Waals surface area contributed by atoms with Gasteiger partial charge in [0.2, 0.25) is 0 Å². The number of amides is 2. The number of rotatable bonds is 5. The van der Waals surface area contributed by atoms with E-state index in [1.165, 1.54) is 25.4 Å². The molecule has 4 rings (SSSR count). The summed E-state index contributed by atoms with van der Waals surface area (Å²) in [4.78, 5) is 33.3. The molecule has 12 nitrogen and oxygen atoms in total. The summed E-state index contributed by atoms with van der Waals surface area (Å²) in [6, 6.07) is 3.48. The van der Waals surface area contributed by atoms with Gasteiger partial charge in [-0.05, 0) is 25.1 Å². The number of anilines is 2. The van der Waals surface area contributed by atoms with E-state index >= 15 is 0 Å². The number of nitrogen functional groups attached to an aromatic ring is 1. The highest BCUT2D eigenvalue weighted by Gasteiger charge is 2.41. The predicted octanol–water partition coefficient (Wildman–Crippen LogP) is 2.16. The van der Waals surface area contributed by atoms with Crippen molar-refractivity contribution >= 4 is 34.9 Å². The van der Waals surface area contributed by atoms with Gasteiger partial charge in [0.1, 0.15) is 5.82 Å². The number of hydrogen-bond donors (Lipinski definition) is 3. The number of nitrogens with one attached hydrogen (secondary N) is 1. The second-order valence-corrected chi connectivity index (χ2v) is 7.39. The summed E-state index contributed by atoms with van der Waals surface area (Å²) in [5.74, 6) is -2.64. The van der Waals surface area contributed by atoms with Crippen LogP contribution < -0.4 is 16.8 Å². The van der Waals surface area contributed by atoms with Crippen molar-refractivity contribution in [3.05, 3.63) is 64.3 Å². The molecule has 5 N–H and O–H groups in total. The Morgan fingerprint density at radius 1 is 1.09 bits per heavy atom. The maximum atomic E-state index is 14.0. The maximum absolute atomic E-state index is 14.0. The Hall–Kier alpha value is -4.53.